The number of benzene rings is 1. The first-order valence-corrected chi connectivity index (χ1v) is 7.51. The molecule has 4 heteroatoms. The minimum absolute atomic E-state index is 0.0989. The van der Waals surface area contributed by atoms with Gasteiger partial charge < -0.3 is 14.9 Å². The summed E-state index contributed by atoms with van der Waals surface area (Å²) in [5.41, 5.74) is 0.931. The lowest BCUT2D eigenvalue weighted by Crippen LogP contribution is -2.38. The van der Waals surface area contributed by atoms with E-state index in [2.05, 4.69) is 16.7 Å². The normalized spacial score (nSPS) is 16.3. The predicted octanol–water partition coefficient (Wildman–Crippen LogP) is 1.26. The molecule has 0 radical (unpaired) electrons. The smallest absolute Gasteiger partial charge is 0.119 e. The van der Waals surface area contributed by atoms with Crippen LogP contribution in [0, 0.1) is 11.8 Å². The fraction of sp³-hybridized carbons (Fsp3) is 0.529. The molecule has 0 amide bonds. The second-order valence-corrected chi connectivity index (χ2v) is 5.22. The van der Waals surface area contributed by atoms with Gasteiger partial charge in [-0.3, -0.25) is 4.90 Å². The van der Waals surface area contributed by atoms with Crippen molar-refractivity contribution in [2.45, 2.75) is 25.4 Å². The molecule has 1 heterocycles. The molecule has 0 aliphatic carbocycles. The van der Waals surface area contributed by atoms with Gasteiger partial charge in [0.25, 0.3) is 0 Å². The Kier molecular flexibility index (Phi) is 6.55. The molecule has 2 rings (SSSR count). The van der Waals surface area contributed by atoms with E-state index < -0.39 is 0 Å². The molecule has 1 saturated heterocycles. The van der Waals surface area contributed by atoms with Crippen molar-refractivity contribution in [3.05, 3.63) is 29.8 Å². The van der Waals surface area contributed by atoms with Crippen LogP contribution in [0.2, 0.25) is 0 Å². The molecule has 1 aromatic carbocycles. The van der Waals surface area contributed by atoms with Gasteiger partial charge in [-0.15, -0.1) is 0 Å². The standard InChI is InChI=1S/C17H23NO3/c19-13-2-1-3-15-4-6-17(7-5-15)21-14-12-18-10-8-16(20)9-11-18/h4-7,16,19-20H,2,8-14H2. The summed E-state index contributed by atoms with van der Waals surface area (Å²) in [6.07, 6.45) is 2.10. The lowest BCUT2D eigenvalue weighted by atomic mass is 10.1. The molecule has 4 nitrogen and oxygen atoms in total. The van der Waals surface area contributed by atoms with E-state index in [9.17, 15) is 5.11 Å². The number of ether oxygens (including phenoxy) is 1. The lowest BCUT2D eigenvalue weighted by molar-refractivity contribution is 0.0755. The molecule has 1 aliphatic rings. The molecule has 0 spiro atoms. The zero-order chi connectivity index (χ0) is 14.9. The van der Waals surface area contributed by atoms with Crippen LogP contribution in [-0.2, 0) is 0 Å². The van der Waals surface area contributed by atoms with E-state index in [1.807, 2.05) is 24.3 Å². The van der Waals surface area contributed by atoms with E-state index in [4.69, 9.17) is 9.84 Å². The number of hydrogen-bond acceptors (Lipinski definition) is 4. The van der Waals surface area contributed by atoms with Gasteiger partial charge in [-0.25, -0.2) is 0 Å². The predicted molar refractivity (Wildman–Crippen MR) is 82.2 cm³/mol. The van der Waals surface area contributed by atoms with Crippen molar-refractivity contribution in [1.29, 1.82) is 0 Å². The fourth-order valence-electron chi connectivity index (χ4n) is 2.29. The Morgan fingerprint density at radius 1 is 1.19 bits per heavy atom. The topological polar surface area (TPSA) is 52.9 Å². The monoisotopic (exact) mass is 289 g/mol. The van der Waals surface area contributed by atoms with E-state index in [1.165, 1.54) is 0 Å². The van der Waals surface area contributed by atoms with Crippen LogP contribution in [0.5, 0.6) is 5.75 Å². The second kappa shape index (κ2) is 8.68. The third-order valence-corrected chi connectivity index (χ3v) is 3.56. The zero-order valence-electron chi connectivity index (χ0n) is 12.3. The maximum atomic E-state index is 9.45. The second-order valence-electron chi connectivity index (χ2n) is 5.22. The molecule has 0 unspecified atom stereocenters. The van der Waals surface area contributed by atoms with Gasteiger partial charge in [-0.05, 0) is 37.1 Å². The molecule has 0 saturated carbocycles. The van der Waals surface area contributed by atoms with Gasteiger partial charge >= 0.3 is 0 Å². The SMILES string of the molecule is OCCC#Cc1ccc(OCCN2CCC(O)CC2)cc1. The van der Waals surface area contributed by atoms with Gasteiger partial charge in [-0.2, -0.15) is 0 Å². The maximum Gasteiger partial charge on any atom is 0.119 e. The Hall–Kier alpha value is -1.54. The number of aliphatic hydroxyl groups excluding tert-OH is 2. The highest BCUT2D eigenvalue weighted by molar-refractivity contribution is 5.38. The number of nitrogens with zero attached hydrogens (tertiary/aromatic N) is 1. The average molecular weight is 289 g/mol. The zero-order valence-corrected chi connectivity index (χ0v) is 12.3. The van der Waals surface area contributed by atoms with Crippen molar-refractivity contribution in [2.24, 2.45) is 0 Å². The lowest BCUT2D eigenvalue weighted by Gasteiger charge is -2.29. The third kappa shape index (κ3) is 5.76. The first-order chi connectivity index (χ1) is 10.3. The van der Waals surface area contributed by atoms with Gasteiger partial charge in [-0.1, -0.05) is 11.8 Å². The number of aliphatic hydroxyl groups is 2. The summed E-state index contributed by atoms with van der Waals surface area (Å²) in [5.74, 6) is 6.73. The highest BCUT2D eigenvalue weighted by atomic mass is 16.5. The fourth-order valence-corrected chi connectivity index (χ4v) is 2.29. The van der Waals surface area contributed by atoms with Crippen LogP contribution in [0.25, 0.3) is 0 Å². The van der Waals surface area contributed by atoms with Gasteiger partial charge in [0, 0.05) is 31.6 Å². The van der Waals surface area contributed by atoms with Crippen molar-refractivity contribution >= 4 is 0 Å². The van der Waals surface area contributed by atoms with Gasteiger partial charge in [0.2, 0.25) is 0 Å². The van der Waals surface area contributed by atoms with E-state index in [0.717, 1.165) is 43.8 Å². The third-order valence-electron chi connectivity index (χ3n) is 3.56. The summed E-state index contributed by atoms with van der Waals surface area (Å²) in [7, 11) is 0. The van der Waals surface area contributed by atoms with Crippen LogP contribution >= 0.6 is 0 Å². The van der Waals surface area contributed by atoms with Crippen LogP contribution in [0.3, 0.4) is 0 Å². The Balaban J connectivity index is 1.70. The molecule has 114 valence electrons. The summed E-state index contributed by atoms with van der Waals surface area (Å²) >= 11 is 0. The van der Waals surface area contributed by atoms with Crippen LogP contribution in [-0.4, -0.2) is 54.1 Å². The van der Waals surface area contributed by atoms with Crippen LogP contribution < -0.4 is 4.74 Å². The summed E-state index contributed by atoms with van der Waals surface area (Å²) in [6, 6.07) is 7.69. The van der Waals surface area contributed by atoms with E-state index in [-0.39, 0.29) is 12.7 Å². The van der Waals surface area contributed by atoms with Crippen molar-refractivity contribution < 1.29 is 14.9 Å². The average Bonchev–Trinajstić information content (AvgIpc) is 2.51. The van der Waals surface area contributed by atoms with Crippen molar-refractivity contribution in [3.8, 4) is 17.6 Å². The van der Waals surface area contributed by atoms with Crippen LogP contribution in [0.1, 0.15) is 24.8 Å². The summed E-state index contributed by atoms with van der Waals surface area (Å²) in [6.45, 7) is 3.55. The highest BCUT2D eigenvalue weighted by Gasteiger charge is 2.16. The quantitative estimate of drug-likeness (QED) is 0.801. The molecule has 0 bridgehead atoms. The molecule has 0 atom stereocenters. The minimum Gasteiger partial charge on any atom is -0.492 e. The first-order valence-electron chi connectivity index (χ1n) is 7.51. The molecule has 1 fully saturated rings. The first kappa shape index (κ1) is 15.8. The van der Waals surface area contributed by atoms with Crippen LogP contribution in [0.4, 0.5) is 0 Å². The molecular weight excluding hydrogens is 266 g/mol. The summed E-state index contributed by atoms with van der Waals surface area (Å²) in [4.78, 5) is 2.32. The Morgan fingerprint density at radius 2 is 1.90 bits per heavy atom. The number of rotatable bonds is 5. The molecular formula is C17H23NO3. The number of hydrogen-bond donors (Lipinski definition) is 2. The minimum atomic E-state index is -0.123. The highest BCUT2D eigenvalue weighted by Crippen LogP contribution is 2.13. The van der Waals surface area contributed by atoms with E-state index in [1.54, 1.807) is 0 Å². The van der Waals surface area contributed by atoms with E-state index in [0.29, 0.717) is 13.0 Å². The Morgan fingerprint density at radius 3 is 2.57 bits per heavy atom. The Bertz CT molecular complexity index is 467. The van der Waals surface area contributed by atoms with Crippen molar-refractivity contribution in [1.82, 2.24) is 4.90 Å². The van der Waals surface area contributed by atoms with Crippen molar-refractivity contribution in [2.75, 3.05) is 32.8 Å². The van der Waals surface area contributed by atoms with Gasteiger partial charge in [0.15, 0.2) is 0 Å². The number of piperidine rings is 1. The number of likely N-dealkylation sites (tertiary alicyclic amines) is 1. The van der Waals surface area contributed by atoms with E-state index >= 15 is 0 Å². The largest absolute Gasteiger partial charge is 0.492 e. The molecule has 0 aromatic heterocycles. The summed E-state index contributed by atoms with van der Waals surface area (Å²) < 4.78 is 5.72. The van der Waals surface area contributed by atoms with Crippen molar-refractivity contribution in [3.63, 3.8) is 0 Å². The summed E-state index contributed by atoms with van der Waals surface area (Å²) in [5, 5.41) is 18.1. The Labute approximate surface area is 126 Å². The molecule has 1 aromatic rings. The maximum absolute atomic E-state index is 9.45. The molecule has 2 N–H and O–H groups in total. The van der Waals surface area contributed by atoms with Gasteiger partial charge in [0.05, 0.1) is 12.7 Å². The molecule has 21 heavy (non-hydrogen) atoms. The molecule has 1 aliphatic heterocycles. The van der Waals surface area contributed by atoms with Gasteiger partial charge in [0.1, 0.15) is 12.4 Å². The van der Waals surface area contributed by atoms with Crippen LogP contribution in [0.15, 0.2) is 24.3 Å².